The number of alkyl halides is 3. The van der Waals surface area contributed by atoms with Gasteiger partial charge in [0.25, 0.3) is 0 Å². The zero-order valence-corrected chi connectivity index (χ0v) is 11.7. The minimum absolute atomic E-state index is 0.352. The highest BCUT2D eigenvalue weighted by molar-refractivity contribution is 6.67. The number of hydrogen-bond donors (Lipinski definition) is 0. The van der Waals surface area contributed by atoms with E-state index < -0.39 is 3.79 Å². The average molecular weight is 311 g/mol. The maximum atomic E-state index is 8.94. The van der Waals surface area contributed by atoms with E-state index in [1.165, 1.54) is 0 Å². The molecule has 0 amide bonds. The van der Waals surface area contributed by atoms with Crippen molar-refractivity contribution in [2.45, 2.75) is 3.79 Å². The molecule has 0 spiro atoms. The highest BCUT2D eigenvalue weighted by Crippen LogP contribution is 2.40. The second kappa shape index (κ2) is 4.28. The van der Waals surface area contributed by atoms with E-state index in [1.54, 1.807) is 12.1 Å². The Morgan fingerprint density at radius 2 is 1.95 bits per heavy atom. The summed E-state index contributed by atoms with van der Waals surface area (Å²) < 4.78 is 0.275. The largest absolute Gasteiger partial charge is 0.313 e. The first-order valence-corrected chi connectivity index (χ1v) is 6.52. The van der Waals surface area contributed by atoms with Gasteiger partial charge in [0.1, 0.15) is 5.69 Å². The molecule has 0 aliphatic rings. The Bertz CT molecular complexity index is 825. The molecule has 0 saturated carbocycles. The summed E-state index contributed by atoms with van der Waals surface area (Å²) in [5.74, 6) is 0. The van der Waals surface area contributed by atoms with E-state index in [1.807, 2.05) is 28.8 Å². The molecule has 2 heterocycles. The maximum Gasteiger partial charge on any atom is 0.234 e. The fourth-order valence-corrected chi connectivity index (χ4v) is 2.47. The topological polar surface area (TPSA) is 41.1 Å². The first-order chi connectivity index (χ1) is 9.00. The molecule has 0 aliphatic heterocycles. The van der Waals surface area contributed by atoms with Crippen LogP contribution < -0.4 is 0 Å². The smallest absolute Gasteiger partial charge is 0.234 e. The lowest BCUT2D eigenvalue weighted by Gasteiger charge is -2.14. The van der Waals surface area contributed by atoms with E-state index >= 15 is 0 Å². The van der Waals surface area contributed by atoms with E-state index in [2.05, 4.69) is 11.1 Å². The molecule has 94 valence electrons. The van der Waals surface area contributed by atoms with Crippen molar-refractivity contribution in [2.75, 3.05) is 0 Å². The van der Waals surface area contributed by atoms with Crippen LogP contribution in [0, 0.1) is 11.3 Å². The minimum Gasteiger partial charge on any atom is -0.313 e. The van der Waals surface area contributed by atoms with Gasteiger partial charge >= 0.3 is 0 Å². The predicted octanol–water partition coefficient (Wildman–Crippen LogP) is 4.19. The van der Waals surface area contributed by atoms with E-state index in [4.69, 9.17) is 40.1 Å². The molecule has 2 aromatic heterocycles. The van der Waals surface area contributed by atoms with Crippen molar-refractivity contribution in [3.63, 3.8) is 0 Å². The standard InChI is InChI=1S/C13H6Cl3N3/c14-13(15,16)12-11-2-1-5-19(11)10-4-3-8(7-17)6-9(10)18-12/h1-6H. The second-order valence-electron chi connectivity index (χ2n) is 4.04. The van der Waals surface area contributed by atoms with Gasteiger partial charge in [-0.05, 0) is 30.3 Å². The number of halogens is 3. The summed E-state index contributed by atoms with van der Waals surface area (Å²) in [5, 5.41) is 8.94. The summed E-state index contributed by atoms with van der Waals surface area (Å²) in [5.41, 5.74) is 3.07. The molecule has 0 radical (unpaired) electrons. The Morgan fingerprint density at radius 3 is 2.63 bits per heavy atom. The normalized spacial score (nSPS) is 11.9. The van der Waals surface area contributed by atoms with E-state index in [0.717, 1.165) is 11.0 Å². The number of nitriles is 1. The molecule has 3 aromatic rings. The molecule has 0 N–H and O–H groups in total. The Balaban J connectivity index is 2.49. The van der Waals surface area contributed by atoms with E-state index in [9.17, 15) is 0 Å². The molecule has 0 saturated heterocycles. The number of nitrogens with zero attached hydrogens (tertiary/aromatic N) is 3. The molecule has 1 aromatic carbocycles. The van der Waals surface area contributed by atoms with Gasteiger partial charge in [-0.1, -0.05) is 34.8 Å². The molecular formula is C13H6Cl3N3. The summed E-state index contributed by atoms with van der Waals surface area (Å²) in [6, 6.07) is 11.0. The van der Waals surface area contributed by atoms with Gasteiger partial charge in [-0.2, -0.15) is 5.26 Å². The van der Waals surface area contributed by atoms with E-state index in [0.29, 0.717) is 16.8 Å². The van der Waals surface area contributed by atoms with Crippen LogP contribution in [0.2, 0.25) is 0 Å². The van der Waals surface area contributed by atoms with Crippen molar-refractivity contribution in [3.8, 4) is 6.07 Å². The Hall–Kier alpha value is -1.47. The quantitative estimate of drug-likeness (QED) is 0.584. The van der Waals surface area contributed by atoms with Crippen molar-refractivity contribution in [2.24, 2.45) is 0 Å². The van der Waals surface area contributed by atoms with Crippen LogP contribution in [0.3, 0.4) is 0 Å². The van der Waals surface area contributed by atoms with Crippen molar-refractivity contribution >= 4 is 51.4 Å². The average Bonchev–Trinajstić information content (AvgIpc) is 2.84. The Labute approximate surface area is 123 Å². The lowest BCUT2D eigenvalue weighted by atomic mass is 10.2. The van der Waals surface area contributed by atoms with Gasteiger partial charge in [0, 0.05) is 6.20 Å². The summed E-state index contributed by atoms with van der Waals surface area (Å²) in [6.07, 6.45) is 1.87. The summed E-state index contributed by atoms with van der Waals surface area (Å²) >= 11 is 17.9. The third-order valence-electron chi connectivity index (χ3n) is 2.86. The lowest BCUT2D eigenvalue weighted by molar-refractivity contribution is 1.09. The van der Waals surface area contributed by atoms with Crippen LogP contribution in [-0.4, -0.2) is 9.38 Å². The van der Waals surface area contributed by atoms with Crippen LogP contribution in [0.4, 0.5) is 0 Å². The van der Waals surface area contributed by atoms with Crippen LogP contribution in [0.1, 0.15) is 11.3 Å². The van der Waals surface area contributed by atoms with Gasteiger partial charge in [-0.25, -0.2) is 4.98 Å². The number of benzene rings is 1. The van der Waals surface area contributed by atoms with Gasteiger partial charge in [-0.3, -0.25) is 0 Å². The molecule has 0 fully saturated rings. The molecule has 0 bridgehead atoms. The van der Waals surface area contributed by atoms with Crippen LogP contribution in [-0.2, 0) is 3.79 Å². The lowest BCUT2D eigenvalue weighted by Crippen LogP contribution is -2.07. The van der Waals surface area contributed by atoms with Crippen LogP contribution >= 0.6 is 34.8 Å². The highest BCUT2D eigenvalue weighted by atomic mass is 35.6. The van der Waals surface area contributed by atoms with Crippen LogP contribution in [0.15, 0.2) is 36.5 Å². The second-order valence-corrected chi connectivity index (χ2v) is 6.32. The molecule has 0 unspecified atom stereocenters. The molecule has 19 heavy (non-hydrogen) atoms. The van der Waals surface area contributed by atoms with Gasteiger partial charge in [0.15, 0.2) is 0 Å². The van der Waals surface area contributed by atoms with Crippen molar-refractivity contribution in [3.05, 3.63) is 47.8 Å². The number of aromatic nitrogens is 2. The third kappa shape index (κ3) is 2.02. The van der Waals surface area contributed by atoms with Gasteiger partial charge < -0.3 is 4.40 Å². The molecule has 3 rings (SSSR count). The summed E-state index contributed by atoms with van der Waals surface area (Å²) in [6.45, 7) is 0. The van der Waals surface area contributed by atoms with Crippen molar-refractivity contribution in [1.29, 1.82) is 5.26 Å². The minimum atomic E-state index is -1.61. The fourth-order valence-electron chi connectivity index (χ4n) is 2.06. The van der Waals surface area contributed by atoms with Crippen LogP contribution in [0.5, 0.6) is 0 Å². The van der Waals surface area contributed by atoms with Crippen molar-refractivity contribution in [1.82, 2.24) is 9.38 Å². The molecule has 6 heteroatoms. The summed E-state index contributed by atoms with van der Waals surface area (Å²) in [4.78, 5) is 4.39. The zero-order chi connectivity index (χ0) is 13.6. The fraction of sp³-hybridized carbons (Fsp3) is 0.0769. The number of hydrogen-bond acceptors (Lipinski definition) is 2. The summed E-state index contributed by atoms with van der Waals surface area (Å²) in [7, 11) is 0. The number of rotatable bonds is 0. The van der Waals surface area contributed by atoms with Crippen LogP contribution in [0.25, 0.3) is 16.6 Å². The van der Waals surface area contributed by atoms with E-state index in [-0.39, 0.29) is 0 Å². The monoisotopic (exact) mass is 309 g/mol. The molecule has 0 atom stereocenters. The predicted molar refractivity (Wildman–Crippen MR) is 76.7 cm³/mol. The first-order valence-electron chi connectivity index (χ1n) is 5.39. The maximum absolute atomic E-state index is 8.94. The number of fused-ring (bicyclic) bond motifs is 3. The van der Waals surface area contributed by atoms with Crippen molar-refractivity contribution < 1.29 is 0 Å². The Kier molecular flexibility index (Phi) is 2.83. The SMILES string of the molecule is N#Cc1ccc2c(c1)nc(C(Cl)(Cl)Cl)c1cccn12. The highest BCUT2D eigenvalue weighted by Gasteiger charge is 2.28. The first kappa shape index (κ1) is 12.6. The van der Waals surface area contributed by atoms with Gasteiger partial charge in [0.2, 0.25) is 3.79 Å². The molecular weight excluding hydrogens is 305 g/mol. The Morgan fingerprint density at radius 1 is 1.16 bits per heavy atom. The molecule has 0 aliphatic carbocycles. The zero-order valence-electron chi connectivity index (χ0n) is 9.44. The van der Waals surface area contributed by atoms with Gasteiger partial charge in [0.05, 0.1) is 28.2 Å². The van der Waals surface area contributed by atoms with Gasteiger partial charge in [-0.15, -0.1) is 0 Å². The third-order valence-corrected chi connectivity index (χ3v) is 3.39. The molecule has 3 nitrogen and oxygen atoms in total.